The fourth-order valence-electron chi connectivity index (χ4n) is 1.70. The van der Waals surface area contributed by atoms with E-state index >= 15 is 0 Å². The average Bonchev–Trinajstić information content (AvgIpc) is 2.30. The zero-order valence-corrected chi connectivity index (χ0v) is 11.2. The minimum atomic E-state index is -0.363. The Labute approximate surface area is 117 Å². The molecule has 9 nitrogen and oxygen atoms in total. The van der Waals surface area contributed by atoms with Crippen LogP contribution in [0.15, 0.2) is 24.3 Å². The topological polar surface area (TPSA) is 193 Å². The van der Waals surface area contributed by atoms with Gasteiger partial charge in [0.15, 0.2) is 0 Å². The molecule has 0 atom stereocenters. The lowest BCUT2D eigenvalue weighted by molar-refractivity contribution is -0.385. The zero-order chi connectivity index (χ0) is 12.7. The SMILES string of the molecule is NCCN(CCN)Cc1ccccc1[N+](=O)[O-].O.O.O. The van der Waals surface area contributed by atoms with E-state index in [9.17, 15) is 10.1 Å². The summed E-state index contributed by atoms with van der Waals surface area (Å²) in [5.74, 6) is 0. The largest absolute Gasteiger partial charge is 0.412 e. The Hall–Kier alpha value is -1.62. The number of nitrogens with zero attached hydrogens (tertiary/aromatic N) is 2. The lowest BCUT2D eigenvalue weighted by Crippen LogP contribution is -2.33. The minimum absolute atomic E-state index is 0. The molecule has 10 N–H and O–H groups in total. The molecule has 0 radical (unpaired) electrons. The van der Waals surface area contributed by atoms with Crippen molar-refractivity contribution in [3.05, 3.63) is 39.9 Å². The van der Waals surface area contributed by atoms with Gasteiger partial charge in [0.2, 0.25) is 0 Å². The quantitative estimate of drug-likeness (QED) is 0.426. The molecule has 0 heterocycles. The van der Waals surface area contributed by atoms with E-state index in [1.54, 1.807) is 18.2 Å². The normalized spacial score (nSPS) is 9.15. The fraction of sp³-hybridized carbons (Fsp3) is 0.455. The van der Waals surface area contributed by atoms with Gasteiger partial charge in [-0.25, -0.2) is 0 Å². The number of benzene rings is 1. The van der Waals surface area contributed by atoms with Crippen LogP contribution in [0, 0.1) is 10.1 Å². The Bertz CT molecular complexity index is 372. The highest BCUT2D eigenvalue weighted by atomic mass is 16.6. The van der Waals surface area contributed by atoms with E-state index < -0.39 is 0 Å². The molecule has 0 aliphatic rings. The molecule has 0 saturated heterocycles. The smallest absolute Gasteiger partial charge is 0.273 e. The van der Waals surface area contributed by atoms with Crippen LogP contribution in [-0.4, -0.2) is 52.4 Å². The summed E-state index contributed by atoms with van der Waals surface area (Å²) in [6.45, 7) is 2.90. The van der Waals surface area contributed by atoms with Gasteiger partial charge in [0, 0.05) is 44.4 Å². The Morgan fingerprint density at radius 2 is 1.55 bits per heavy atom. The van der Waals surface area contributed by atoms with E-state index in [4.69, 9.17) is 11.5 Å². The average molecular weight is 292 g/mol. The maximum absolute atomic E-state index is 10.9. The third-order valence-corrected chi connectivity index (χ3v) is 2.47. The van der Waals surface area contributed by atoms with Crippen molar-refractivity contribution in [3.63, 3.8) is 0 Å². The molecule has 1 aromatic rings. The fourth-order valence-corrected chi connectivity index (χ4v) is 1.70. The summed E-state index contributed by atoms with van der Waals surface area (Å²) < 4.78 is 0. The van der Waals surface area contributed by atoms with Gasteiger partial charge in [-0.1, -0.05) is 18.2 Å². The minimum Gasteiger partial charge on any atom is -0.412 e. The summed E-state index contributed by atoms with van der Waals surface area (Å²) in [4.78, 5) is 12.5. The molecule has 0 saturated carbocycles. The van der Waals surface area contributed by atoms with E-state index in [0.717, 1.165) is 0 Å². The molecule has 0 fully saturated rings. The molecule has 0 spiro atoms. The van der Waals surface area contributed by atoms with Crippen molar-refractivity contribution < 1.29 is 21.4 Å². The van der Waals surface area contributed by atoms with Crippen molar-refractivity contribution in [1.29, 1.82) is 0 Å². The van der Waals surface area contributed by atoms with E-state index in [0.29, 0.717) is 38.3 Å². The number of para-hydroxylation sites is 1. The summed E-state index contributed by atoms with van der Waals surface area (Å²) in [6, 6.07) is 6.74. The van der Waals surface area contributed by atoms with Crippen LogP contribution in [0.3, 0.4) is 0 Å². The predicted molar refractivity (Wildman–Crippen MR) is 77.3 cm³/mol. The van der Waals surface area contributed by atoms with Gasteiger partial charge in [-0.05, 0) is 0 Å². The second-order valence-electron chi connectivity index (χ2n) is 3.74. The van der Waals surface area contributed by atoms with E-state index in [2.05, 4.69) is 0 Å². The van der Waals surface area contributed by atoms with Gasteiger partial charge in [-0.15, -0.1) is 0 Å². The second-order valence-corrected chi connectivity index (χ2v) is 3.74. The van der Waals surface area contributed by atoms with E-state index in [1.807, 2.05) is 4.90 Å². The number of nitrogens with two attached hydrogens (primary N) is 2. The molecule has 0 aliphatic carbocycles. The first-order chi connectivity index (χ1) is 8.19. The molecule has 1 rings (SSSR count). The molecule has 20 heavy (non-hydrogen) atoms. The van der Waals surface area contributed by atoms with Crippen molar-refractivity contribution in [2.75, 3.05) is 26.2 Å². The van der Waals surface area contributed by atoms with Crippen LogP contribution in [0.2, 0.25) is 0 Å². The summed E-state index contributed by atoms with van der Waals surface area (Å²) in [5, 5.41) is 10.9. The van der Waals surface area contributed by atoms with E-state index in [-0.39, 0.29) is 27.0 Å². The van der Waals surface area contributed by atoms with Crippen LogP contribution in [0.1, 0.15) is 5.56 Å². The third-order valence-electron chi connectivity index (χ3n) is 2.47. The molecule has 118 valence electrons. The zero-order valence-electron chi connectivity index (χ0n) is 11.2. The number of hydrogen-bond donors (Lipinski definition) is 2. The molecule has 0 amide bonds. The number of nitro benzene ring substituents is 1. The predicted octanol–water partition coefficient (Wildman–Crippen LogP) is -2.16. The molecule has 0 aromatic heterocycles. The van der Waals surface area contributed by atoms with Gasteiger partial charge in [0.05, 0.1) is 4.92 Å². The molecular formula is C11H24N4O5. The van der Waals surface area contributed by atoms with Crippen LogP contribution in [-0.2, 0) is 6.54 Å². The Balaban J connectivity index is -0.000000963. The van der Waals surface area contributed by atoms with Crippen LogP contribution in [0.4, 0.5) is 5.69 Å². The van der Waals surface area contributed by atoms with Crippen molar-refractivity contribution in [1.82, 2.24) is 4.90 Å². The van der Waals surface area contributed by atoms with Gasteiger partial charge in [0.1, 0.15) is 0 Å². The number of nitro groups is 1. The molecule has 0 bridgehead atoms. The van der Waals surface area contributed by atoms with Crippen LogP contribution in [0.25, 0.3) is 0 Å². The number of hydrogen-bond acceptors (Lipinski definition) is 5. The molecule has 1 aromatic carbocycles. The first-order valence-electron chi connectivity index (χ1n) is 5.53. The lowest BCUT2D eigenvalue weighted by Gasteiger charge is -2.20. The maximum Gasteiger partial charge on any atom is 0.273 e. The monoisotopic (exact) mass is 292 g/mol. The van der Waals surface area contributed by atoms with Gasteiger partial charge >= 0.3 is 0 Å². The highest BCUT2D eigenvalue weighted by Crippen LogP contribution is 2.19. The Kier molecular flexibility index (Phi) is 14.6. The molecule has 0 aliphatic heterocycles. The highest BCUT2D eigenvalue weighted by Gasteiger charge is 2.14. The van der Waals surface area contributed by atoms with Crippen LogP contribution >= 0.6 is 0 Å². The first kappa shape index (κ1) is 23.5. The van der Waals surface area contributed by atoms with Gasteiger partial charge in [-0.3, -0.25) is 15.0 Å². The molecular weight excluding hydrogens is 268 g/mol. The van der Waals surface area contributed by atoms with E-state index in [1.165, 1.54) is 6.07 Å². The third kappa shape index (κ3) is 7.09. The summed E-state index contributed by atoms with van der Waals surface area (Å²) in [5.41, 5.74) is 11.8. The van der Waals surface area contributed by atoms with Crippen LogP contribution < -0.4 is 11.5 Å². The van der Waals surface area contributed by atoms with Gasteiger partial charge < -0.3 is 27.9 Å². The molecule has 0 unspecified atom stereocenters. The van der Waals surface area contributed by atoms with Crippen molar-refractivity contribution in [2.45, 2.75) is 6.54 Å². The summed E-state index contributed by atoms with van der Waals surface area (Å²) >= 11 is 0. The lowest BCUT2D eigenvalue weighted by atomic mass is 10.1. The highest BCUT2D eigenvalue weighted by molar-refractivity contribution is 5.39. The Morgan fingerprint density at radius 1 is 1.05 bits per heavy atom. The van der Waals surface area contributed by atoms with Gasteiger partial charge in [-0.2, -0.15) is 0 Å². The van der Waals surface area contributed by atoms with Gasteiger partial charge in [0.25, 0.3) is 5.69 Å². The summed E-state index contributed by atoms with van der Waals surface area (Å²) in [6.07, 6.45) is 0. The van der Waals surface area contributed by atoms with Crippen molar-refractivity contribution in [3.8, 4) is 0 Å². The first-order valence-corrected chi connectivity index (χ1v) is 5.53. The van der Waals surface area contributed by atoms with Crippen molar-refractivity contribution in [2.24, 2.45) is 11.5 Å². The maximum atomic E-state index is 10.9. The standard InChI is InChI=1S/C11H18N4O2.3H2O/c12-5-7-14(8-6-13)9-10-3-1-2-4-11(10)15(16)17;;;/h1-4H,5-9,12-13H2;3*1H2. The van der Waals surface area contributed by atoms with Crippen molar-refractivity contribution >= 4 is 5.69 Å². The summed E-state index contributed by atoms with van der Waals surface area (Å²) in [7, 11) is 0. The van der Waals surface area contributed by atoms with Crippen LogP contribution in [0.5, 0.6) is 0 Å². The molecule has 9 heteroatoms. The number of rotatable bonds is 7. The Morgan fingerprint density at radius 3 is 2.00 bits per heavy atom. The second kappa shape index (κ2) is 12.4.